The number of hydrogen-bond acceptors (Lipinski definition) is 4. The largest absolute Gasteiger partial charge is 0.454 e. The highest BCUT2D eigenvalue weighted by Crippen LogP contribution is 2.43. The van der Waals surface area contributed by atoms with Gasteiger partial charge in [0.1, 0.15) is 11.3 Å². The van der Waals surface area contributed by atoms with Crippen LogP contribution in [0, 0.1) is 0 Å². The van der Waals surface area contributed by atoms with Crippen molar-refractivity contribution in [2.45, 2.75) is 0 Å². The van der Waals surface area contributed by atoms with Gasteiger partial charge in [-0.2, -0.15) is 0 Å². The van der Waals surface area contributed by atoms with Crippen molar-refractivity contribution in [3.8, 4) is 56.3 Å². The first-order valence-corrected chi connectivity index (χ1v) is 19.9. The third kappa shape index (κ3) is 5.49. The fourth-order valence-corrected chi connectivity index (χ4v) is 8.84. The second-order valence-electron chi connectivity index (χ2n) is 15.1. The van der Waals surface area contributed by atoms with E-state index >= 15 is 0 Å². The van der Waals surface area contributed by atoms with Crippen molar-refractivity contribution in [1.82, 2.24) is 15.0 Å². The van der Waals surface area contributed by atoms with Crippen LogP contribution in [0.4, 0.5) is 0 Å². The predicted molar refractivity (Wildman–Crippen MR) is 244 cm³/mol. The summed E-state index contributed by atoms with van der Waals surface area (Å²) in [6.07, 6.45) is 0. The molecular weight excluding hydrogens is 719 g/mol. The molecule has 0 amide bonds. The van der Waals surface area contributed by atoms with Gasteiger partial charge < -0.3 is 4.42 Å². The molecule has 3 aromatic heterocycles. The Morgan fingerprint density at radius 1 is 0.305 bits per heavy atom. The van der Waals surface area contributed by atoms with Crippen molar-refractivity contribution < 1.29 is 4.42 Å². The third-order valence-electron chi connectivity index (χ3n) is 11.6. The van der Waals surface area contributed by atoms with Crippen LogP contribution in [0.5, 0.6) is 0 Å². The van der Waals surface area contributed by atoms with Gasteiger partial charge in [-0.3, -0.25) is 0 Å². The molecule has 0 radical (unpaired) electrons. The fourth-order valence-electron chi connectivity index (χ4n) is 8.84. The summed E-state index contributed by atoms with van der Waals surface area (Å²) in [5, 5.41) is 10.6. The van der Waals surface area contributed by atoms with Gasteiger partial charge in [-0.15, -0.1) is 0 Å². The van der Waals surface area contributed by atoms with Crippen LogP contribution in [0.25, 0.3) is 121 Å². The van der Waals surface area contributed by atoms with E-state index in [4.69, 9.17) is 19.4 Å². The van der Waals surface area contributed by atoms with Gasteiger partial charge in [0, 0.05) is 38.4 Å². The molecule has 0 unspecified atom stereocenters. The molecule has 0 fully saturated rings. The molecule has 4 heteroatoms. The average Bonchev–Trinajstić information content (AvgIpc) is 3.72. The Balaban J connectivity index is 1.03. The number of rotatable bonds is 5. The lowest BCUT2D eigenvalue weighted by molar-refractivity contribution is 0.669. The quantitative estimate of drug-likeness (QED) is 0.164. The molecule has 0 N–H and O–H groups in total. The second kappa shape index (κ2) is 13.3. The zero-order chi connectivity index (χ0) is 38.9. The van der Waals surface area contributed by atoms with Crippen molar-refractivity contribution in [2.24, 2.45) is 0 Å². The van der Waals surface area contributed by atoms with E-state index in [9.17, 15) is 0 Å². The Hall–Kier alpha value is -7.95. The average molecular weight is 752 g/mol. The number of pyridine rings is 1. The summed E-state index contributed by atoms with van der Waals surface area (Å²) in [5.74, 6) is 0.679. The lowest BCUT2D eigenvalue weighted by atomic mass is 9.92. The van der Waals surface area contributed by atoms with Crippen molar-refractivity contribution in [3.63, 3.8) is 0 Å². The highest BCUT2D eigenvalue weighted by molar-refractivity contribution is 6.26. The number of nitrogens with zero attached hydrogens (tertiary/aromatic N) is 3. The third-order valence-corrected chi connectivity index (χ3v) is 11.6. The van der Waals surface area contributed by atoms with E-state index in [1.807, 2.05) is 48.5 Å². The first kappa shape index (κ1) is 33.2. The predicted octanol–water partition coefficient (Wildman–Crippen LogP) is 14.7. The monoisotopic (exact) mass is 751 g/mol. The fraction of sp³-hybridized carbons (Fsp3) is 0. The van der Waals surface area contributed by atoms with Gasteiger partial charge >= 0.3 is 0 Å². The van der Waals surface area contributed by atoms with Crippen LogP contribution in [-0.2, 0) is 0 Å². The summed E-state index contributed by atoms with van der Waals surface area (Å²) < 4.78 is 6.75. The van der Waals surface area contributed by atoms with E-state index in [-0.39, 0.29) is 0 Å². The van der Waals surface area contributed by atoms with E-state index in [1.54, 1.807) is 0 Å². The normalized spacial score (nSPS) is 11.7. The molecule has 0 atom stereocenters. The number of fused-ring (bicyclic) bond motifs is 11. The van der Waals surface area contributed by atoms with Gasteiger partial charge in [0.15, 0.2) is 11.4 Å². The van der Waals surface area contributed by atoms with E-state index in [2.05, 4.69) is 152 Å². The lowest BCUT2D eigenvalue weighted by Crippen LogP contribution is -1.96. The zero-order valence-corrected chi connectivity index (χ0v) is 31.8. The molecule has 274 valence electrons. The maximum atomic E-state index is 6.75. The van der Waals surface area contributed by atoms with Crippen LogP contribution in [-0.4, -0.2) is 15.0 Å². The first-order valence-electron chi connectivity index (χ1n) is 19.9. The number of benzene rings is 9. The minimum atomic E-state index is 0.679. The van der Waals surface area contributed by atoms with Crippen LogP contribution < -0.4 is 0 Å². The summed E-state index contributed by atoms with van der Waals surface area (Å²) in [5.41, 5.74) is 11.3. The van der Waals surface area contributed by atoms with E-state index in [1.165, 1.54) is 32.3 Å². The van der Waals surface area contributed by atoms with Crippen LogP contribution in [0.3, 0.4) is 0 Å². The highest BCUT2D eigenvalue weighted by Gasteiger charge is 2.20. The van der Waals surface area contributed by atoms with E-state index < -0.39 is 0 Å². The van der Waals surface area contributed by atoms with Gasteiger partial charge in [-0.25, -0.2) is 15.0 Å². The number of aromatic nitrogens is 3. The van der Waals surface area contributed by atoms with Crippen LogP contribution in [0.2, 0.25) is 0 Å². The molecule has 0 bridgehead atoms. The summed E-state index contributed by atoms with van der Waals surface area (Å²) in [7, 11) is 0. The maximum Gasteiger partial charge on any atom is 0.162 e. The van der Waals surface area contributed by atoms with Crippen molar-refractivity contribution in [1.29, 1.82) is 0 Å². The maximum absolute atomic E-state index is 6.75. The summed E-state index contributed by atoms with van der Waals surface area (Å²) in [6.45, 7) is 0. The van der Waals surface area contributed by atoms with E-state index in [0.29, 0.717) is 5.82 Å². The lowest BCUT2D eigenvalue weighted by Gasteiger charge is -2.13. The SMILES string of the molecule is c1ccc(-c2cc(-c3ccccc3)nc(-c3cccc(-c4ccc5nc(-c6ccc7c8ccccc8c8ccccc8c7c6)c6oc7ccccc7c6c5c4)c3)n2)cc1. The van der Waals surface area contributed by atoms with Gasteiger partial charge in [0.2, 0.25) is 0 Å². The summed E-state index contributed by atoms with van der Waals surface area (Å²) in [6, 6.07) is 70.2. The number of para-hydroxylation sites is 1. The topological polar surface area (TPSA) is 51.8 Å². The van der Waals surface area contributed by atoms with Crippen molar-refractivity contribution >= 4 is 65.2 Å². The molecule has 59 heavy (non-hydrogen) atoms. The molecule has 0 aliphatic carbocycles. The number of hydrogen-bond donors (Lipinski definition) is 0. The molecule has 9 aromatic carbocycles. The highest BCUT2D eigenvalue weighted by atomic mass is 16.3. The van der Waals surface area contributed by atoms with Gasteiger partial charge in [0.25, 0.3) is 0 Å². The first-order chi connectivity index (χ1) is 29.2. The molecular formula is C55H33N3O. The van der Waals surface area contributed by atoms with Crippen molar-refractivity contribution in [2.75, 3.05) is 0 Å². The van der Waals surface area contributed by atoms with Crippen LogP contribution in [0.1, 0.15) is 0 Å². The Morgan fingerprint density at radius 3 is 1.49 bits per heavy atom. The summed E-state index contributed by atoms with van der Waals surface area (Å²) in [4.78, 5) is 15.6. The Labute approximate surface area is 339 Å². The molecule has 4 nitrogen and oxygen atoms in total. The Kier molecular flexibility index (Phi) is 7.50. The standard InChI is InChI=1S/C55H33N3O/c1-3-14-34(15-4-1)49-33-50(35-16-5-2-6-17-35)58-55(57-49)39-19-13-18-36(30-39)37-27-29-48-47(31-37)52-45-24-11-12-25-51(45)59-54(52)53(56-48)38-26-28-44-42-22-8-7-20-40(42)41-21-9-10-23-43(41)46(44)32-38/h1-33H. The Bertz CT molecular complexity index is 3520. The smallest absolute Gasteiger partial charge is 0.162 e. The van der Waals surface area contributed by atoms with Crippen LogP contribution in [0.15, 0.2) is 205 Å². The van der Waals surface area contributed by atoms with E-state index in [0.717, 1.165) is 83.3 Å². The molecule has 0 saturated carbocycles. The molecule has 12 rings (SSSR count). The van der Waals surface area contributed by atoms with Crippen LogP contribution >= 0.6 is 0 Å². The van der Waals surface area contributed by atoms with Gasteiger partial charge in [-0.1, -0.05) is 164 Å². The molecule has 0 spiro atoms. The molecule has 0 saturated heterocycles. The zero-order valence-electron chi connectivity index (χ0n) is 31.8. The van der Waals surface area contributed by atoms with Gasteiger partial charge in [-0.05, 0) is 79.8 Å². The minimum absolute atomic E-state index is 0.679. The molecule has 3 heterocycles. The van der Waals surface area contributed by atoms with Gasteiger partial charge in [0.05, 0.1) is 16.9 Å². The summed E-state index contributed by atoms with van der Waals surface area (Å²) >= 11 is 0. The number of furan rings is 1. The van der Waals surface area contributed by atoms with Crippen molar-refractivity contribution in [3.05, 3.63) is 200 Å². The molecule has 0 aliphatic rings. The molecule has 0 aliphatic heterocycles. The Morgan fingerprint density at radius 2 is 0.814 bits per heavy atom. The molecule has 12 aromatic rings. The minimum Gasteiger partial charge on any atom is -0.454 e. The second-order valence-corrected chi connectivity index (χ2v) is 15.1.